The van der Waals surface area contributed by atoms with Crippen LogP contribution in [0.4, 0.5) is 4.79 Å². The van der Waals surface area contributed by atoms with Crippen LogP contribution in [-0.2, 0) is 4.74 Å². The molecule has 18 heavy (non-hydrogen) atoms. The minimum Gasteiger partial charge on any atom is -0.444 e. The lowest BCUT2D eigenvalue weighted by Crippen LogP contribution is -2.42. The molecule has 0 bridgehead atoms. The van der Waals surface area contributed by atoms with Crippen LogP contribution in [-0.4, -0.2) is 46.0 Å². The number of hydrogen-bond donors (Lipinski definition) is 1. The third-order valence-corrected chi connectivity index (χ3v) is 3.50. The molecule has 5 heteroatoms. The number of nitrogens with zero attached hydrogens (tertiary/aromatic N) is 1. The maximum atomic E-state index is 11.7. The summed E-state index contributed by atoms with van der Waals surface area (Å²) in [6.07, 6.45) is 1.65. The van der Waals surface area contributed by atoms with Gasteiger partial charge >= 0.3 is 6.09 Å². The summed E-state index contributed by atoms with van der Waals surface area (Å²) < 4.78 is 5.30. The average molecular weight is 277 g/mol. The third kappa shape index (κ3) is 7.11. The molecule has 1 rings (SSSR count). The largest absolute Gasteiger partial charge is 0.444 e. The number of rotatable bonds is 2. The van der Waals surface area contributed by atoms with E-state index in [0.29, 0.717) is 5.25 Å². The number of likely N-dealkylation sites (tertiary alicyclic amines) is 1. The van der Waals surface area contributed by atoms with E-state index >= 15 is 0 Å². The highest BCUT2D eigenvalue weighted by atomic mass is 32.2. The van der Waals surface area contributed by atoms with Crippen molar-refractivity contribution in [1.29, 1.82) is 0 Å². The van der Waals surface area contributed by atoms with Gasteiger partial charge in [0.2, 0.25) is 0 Å². The van der Waals surface area contributed by atoms with Crippen molar-refractivity contribution in [2.75, 3.05) is 19.0 Å². The van der Waals surface area contributed by atoms with E-state index in [1.165, 1.54) is 0 Å². The fraction of sp³-hybridized carbons (Fsp3) is 0.923. The fourth-order valence-corrected chi connectivity index (χ4v) is 2.39. The molecule has 0 aromatic heterocycles. The van der Waals surface area contributed by atoms with Crippen LogP contribution in [0, 0.1) is 0 Å². The maximum Gasteiger partial charge on any atom is 0.410 e. The van der Waals surface area contributed by atoms with Crippen molar-refractivity contribution >= 4 is 17.9 Å². The van der Waals surface area contributed by atoms with Crippen molar-refractivity contribution in [2.24, 2.45) is 0 Å². The molecular weight excluding hydrogens is 250 g/mol. The molecule has 1 aliphatic heterocycles. The first-order chi connectivity index (χ1) is 8.42. The molecular formula is C13H27NO3S. The zero-order chi connectivity index (χ0) is 14.2. The minimum absolute atomic E-state index is 0.164. The number of piperidine rings is 1. The molecule has 4 nitrogen and oxygen atoms in total. The second kappa shape index (κ2) is 8.64. The standard InChI is InChI=1S/C11H21NO3S.C2H6/c1-11(2,3)15-10(14)12-6-4-9(5-7-12)16-8-13;1-2/h9,13H,4-8H2,1-3H3;1-2H3. The molecule has 1 fully saturated rings. The van der Waals surface area contributed by atoms with E-state index in [0.717, 1.165) is 25.9 Å². The van der Waals surface area contributed by atoms with Crippen LogP contribution in [0.5, 0.6) is 0 Å². The zero-order valence-electron chi connectivity index (χ0n) is 12.2. The van der Waals surface area contributed by atoms with Crippen molar-refractivity contribution in [3.05, 3.63) is 0 Å². The van der Waals surface area contributed by atoms with Crippen molar-refractivity contribution in [3.8, 4) is 0 Å². The molecule has 0 spiro atoms. The SMILES string of the molecule is CC.CC(C)(C)OC(=O)N1CCC(SCO)CC1. The number of ether oxygens (including phenoxy) is 1. The van der Waals surface area contributed by atoms with Gasteiger partial charge in [-0.25, -0.2) is 4.79 Å². The van der Waals surface area contributed by atoms with Gasteiger partial charge in [-0.15, -0.1) is 11.8 Å². The van der Waals surface area contributed by atoms with Gasteiger partial charge in [-0.3, -0.25) is 0 Å². The number of aliphatic hydroxyl groups excluding tert-OH is 1. The quantitative estimate of drug-likeness (QED) is 0.788. The summed E-state index contributed by atoms with van der Waals surface area (Å²) in [5, 5.41) is 9.28. The van der Waals surface area contributed by atoms with Crippen LogP contribution >= 0.6 is 11.8 Å². The highest BCUT2D eigenvalue weighted by molar-refractivity contribution is 7.99. The summed E-state index contributed by atoms with van der Waals surface area (Å²) in [7, 11) is 0. The smallest absolute Gasteiger partial charge is 0.410 e. The Morgan fingerprint density at radius 3 is 2.22 bits per heavy atom. The van der Waals surface area contributed by atoms with Crippen LogP contribution < -0.4 is 0 Å². The lowest BCUT2D eigenvalue weighted by atomic mass is 10.1. The Morgan fingerprint density at radius 2 is 1.83 bits per heavy atom. The second-order valence-electron chi connectivity index (χ2n) is 4.96. The lowest BCUT2D eigenvalue weighted by Gasteiger charge is -2.32. The summed E-state index contributed by atoms with van der Waals surface area (Å²) in [6.45, 7) is 11.1. The van der Waals surface area contributed by atoms with Crippen LogP contribution in [0.15, 0.2) is 0 Å². The molecule has 0 atom stereocenters. The third-order valence-electron chi connectivity index (χ3n) is 2.40. The normalized spacial score (nSPS) is 16.9. The van der Waals surface area contributed by atoms with Gasteiger partial charge in [0.15, 0.2) is 0 Å². The maximum absolute atomic E-state index is 11.7. The van der Waals surface area contributed by atoms with Crippen molar-refractivity contribution in [1.82, 2.24) is 4.90 Å². The van der Waals surface area contributed by atoms with Crippen LogP contribution in [0.3, 0.4) is 0 Å². The van der Waals surface area contributed by atoms with Gasteiger partial charge < -0.3 is 14.7 Å². The molecule has 1 aliphatic rings. The van der Waals surface area contributed by atoms with Crippen molar-refractivity contribution in [2.45, 2.75) is 58.3 Å². The molecule has 1 amide bonds. The number of aliphatic hydroxyl groups is 1. The lowest BCUT2D eigenvalue weighted by molar-refractivity contribution is 0.0219. The predicted octanol–water partition coefficient (Wildman–Crippen LogP) is 3.10. The molecule has 0 aliphatic carbocycles. The molecule has 1 N–H and O–H groups in total. The van der Waals surface area contributed by atoms with E-state index in [4.69, 9.17) is 9.84 Å². The number of carbonyl (C=O) groups is 1. The second-order valence-corrected chi connectivity index (χ2v) is 6.22. The predicted molar refractivity (Wildman–Crippen MR) is 76.9 cm³/mol. The topological polar surface area (TPSA) is 49.8 Å². The van der Waals surface area contributed by atoms with Gasteiger partial charge in [0.25, 0.3) is 0 Å². The number of amides is 1. The van der Waals surface area contributed by atoms with Gasteiger partial charge in [0.05, 0.1) is 5.94 Å². The molecule has 0 aromatic carbocycles. The Labute approximate surface area is 115 Å². The van der Waals surface area contributed by atoms with Gasteiger partial charge in [-0.05, 0) is 33.6 Å². The molecule has 1 heterocycles. The monoisotopic (exact) mass is 277 g/mol. The van der Waals surface area contributed by atoms with E-state index in [1.807, 2.05) is 34.6 Å². The number of carbonyl (C=O) groups excluding carboxylic acids is 1. The van der Waals surface area contributed by atoms with E-state index in [-0.39, 0.29) is 12.0 Å². The Bertz CT molecular complexity index is 233. The zero-order valence-corrected chi connectivity index (χ0v) is 13.0. The Morgan fingerprint density at radius 1 is 1.33 bits per heavy atom. The Kier molecular flexibility index (Phi) is 8.44. The highest BCUT2D eigenvalue weighted by Gasteiger charge is 2.26. The van der Waals surface area contributed by atoms with Crippen LogP contribution in [0.2, 0.25) is 0 Å². The fourth-order valence-electron chi connectivity index (χ4n) is 1.64. The van der Waals surface area contributed by atoms with E-state index < -0.39 is 5.60 Å². The van der Waals surface area contributed by atoms with Crippen molar-refractivity contribution in [3.63, 3.8) is 0 Å². The number of hydrogen-bond acceptors (Lipinski definition) is 4. The minimum atomic E-state index is -0.423. The van der Waals surface area contributed by atoms with Crippen LogP contribution in [0.25, 0.3) is 0 Å². The molecule has 108 valence electrons. The first-order valence-corrected chi connectivity index (χ1v) is 7.67. The summed E-state index contributed by atoms with van der Waals surface area (Å²) in [4.78, 5) is 13.5. The average Bonchev–Trinajstić information content (AvgIpc) is 2.31. The summed E-state index contributed by atoms with van der Waals surface area (Å²) >= 11 is 1.56. The van der Waals surface area contributed by atoms with E-state index in [1.54, 1.807) is 16.7 Å². The number of thioether (sulfide) groups is 1. The van der Waals surface area contributed by atoms with Crippen molar-refractivity contribution < 1.29 is 14.6 Å². The highest BCUT2D eigenvalue weighted by Crippen LogP contribution is 2.23. The Balaban J connectivity index is 0.00000137. The summed E-state index contributed by atoms with van der Waals surface area (Å²) in [6, 6.07) is 0. The van der Waals surface area contributed by atoms with Gasteiger partial charge in [0.1, 0.15) is 5.60 Å². The molecule has 0 unspecified atom stereocenters. The van der Waals surface area contributed by atoms with Gasteiger partial charge in [-0.1, -0.05) is 13.8 Å². The molecule has 1 saturated heterocycles. The summed E-state index contributed by atoms with van der Waals surface area (Å²) in [5.74, 6) is 0.164. The molecule has 0 saturated carbocycles. The molecule has 0 radical (unpaired) electrons. The Hall–Kier alpha value is -0.420. The first kappa shape index (κ1) is 17.6. The summed E-state index contributed by atoms with van der Waals surface area (Å²) in [5.41, 5.74) is -0.423. The van der Waals surface area contributed by atoms with Gasteiger partial charge in [-0.2, -0.15) is 0 Å². The van der Waals surface area contributed by atoms with Crippen LogP contribution in [0.1, 0.15) is 47.5 Å². The van der Waals surface area contributed by atoms with E-state index in [2.05, 4.69) is 0 Å². The first-order valence-electron chi connectivity index (χ1n) is 6.63. The molecule has 0 aromatic rings. The van der Waals surface area contributed by atoms with Gasteiger partial charge in [0, 0.05) is 18.3 Å². The van der Waals surface area contributed by atoms with E-state index in [9.17, 15) is 4.79 Å².